The van der Waals surface area contributed by atoms with Gasteiger partial charge in [0.1, 0.15) is 6.17 Å². The zero-order chi connectivity index (χ0) is 7.72. The average molecular weight is 163 g/mol. The van der Waals surface area contributed by atoms with Gasteiger partial charge in [-0.15, -0.1) is 0 Å². The Morgan fingerprint density at radius 1 is 1.60 bits per heavy atom. The molecule has 0 aromatic rings. The van der Waals surface area contributed by atoms with E-state index in [0.29, 0.717) is 19.0 Å². The normalized spacial score (nSPS) is 35.7. The Labute approximate surface area is 67.0 Å². The summed E-state index contributed by atoms with van der Waals surface area (Å²) in [6.45, 7) is 4.70. The molecular weight excluding hydrogens is 149 g/mol. The Balaban J connectivity index is 2.46. The van der Waals surface area contributed by atoms with Gasteiger partial charge in [-0.25, -0.2) is 4.39 Å². The van der Waals surface area contributed by atoms with Crippen molar-refractivity contribution in [3.8, 4) is 0 Å². The van der Waals surface area contributed by atoms with Crippen LogP contribution in [0.5, 0.6) is 0 Å². The predicted molar refractivity (Wildman–Crippen MR) is 44.1 cm³/mol. The summed E-state index contributed by atoms with van der Waals surface area (Å²) < 4.78 is 12.7. The van der Waals surface area contributed by atoms with Crippen molar-refractivity contribution in [2.45, 2.75) is 37.9 Å². The molecule has 3 heteroatoms. The molecule has 0 radical (unpaired) electrons. The lowest BCUT2D eigenvalue weighted by atomic mass is 10.3. The Kier molecular flexibility index (Phi) is 2.58. The molecule has 1 fully saturated rings. The summed E-state index contributed by atoms with van der Waals surface area (Å²) in [5, 5.41) is 0.134. The zero-order valence-electron chi connectivity index (χ0n) is 6.42. The molecule has 10 heavy (non-hydrogen) atoms. The SMILES string of the molecule is CC(C)N1CC(F)CC1S. The Morgan fingerprint density at radius 3 is 2.40 bits per heavy atom. The molecule has 0 aromatic carbocycles. The van der Waals surface area contributed by atoms with Crippen LogP contribution in [0.15, 0.2) is 0 Å². The lowest BCUT2D eigenvalue weighted by Crippen LogP contribution is -2.32. The van der Waals surface area contributed by atoms with Crippen LogP contribution in [0, 0.1) is 0 Å². The fourth-order valence-corrected chi connectivity index (χ4v) is 1.93. The Morgan fingerprint density at radius 2 is 2.20 bits per heavy atom. The molecule has 0 aromatic heterocycles. The van der Waals surface area contributed by atoms with E-state index >= 15 is 0 Å². The highest BCUT2D eigenvalue weighted by molar-refractivity contribution is 7.80. The molecule has 60 valence electrons. The van der Waals surface area contributed by atoms with Gasteiger partial charge in [-0.1, -0.05) is 0 Å². The molecule has 1 aliphatic rings. The summed E-state index contributed by atoms with van der Waals surface area (Å²) in [5.74, 6) is 0. The van der Waals surface area contributed by atoms with Gasteiger partial charge in [0.05, 0.1) is 5.37 Å². The van der Waals surface area contributed by atoms with Crippen molar-refractivity contribution >= 4 is 12.6 Å². The summed E-state index contributed by atoms with van der Waals surface area (Å²) >= 11 is 4.27. The highest BCUT2D eigenvalue weighted by Crippen LogP contribution is 2.24. The summed E-state index contributed by atoms with van der Waals surface area (Å²) in [4.78, 5) is 2.08. The summed E-state index contributed by atoms with van der Waals surface area (Å²) in [6.07, 6.45) is -0.0775. The van der Waals surface area contributed by atoms with Gasteiger partial charge in [0.2, 0.25) is 0 Å². The first-order valence-electron chi connectivity index (χ1n) is 3.69. The monoisotopic (exact) mass is 163 g/mol. The number of likely N-dealkylation sites (tertiary alicyclic amines) is 1. The lowest BCUT2D eigenvalue weighted by Gasteiger charge is -2.23. The molecule has 0 amide bonds. The van der Waals surface area contributed by atoms with E-state index in [4.69, 9.17) is 0 Å². The summed E-state index contributed by atoms with van der Waals surface area (Å²) in [5.41, 5.74) is 0. The van der Waals surface area contributed by atoms with Gasteiger partial charge < -0.3 is 0 Å². The molecule has 0 bridgehead atoms. The largest absolute Gasteiger partial charge is 0.286 e. The van der Waals surface area contributed by atoms with Gasteiger partial charge in [0.15, 0.2) is 0 Å². The number of rotatable bonds is 1. The zero-order valence-corrected chi connectivity index (χ0v) is 7.31. The molecule has 1 saturated heterocycles. The lowest BCUT2D eigenvalue weighted by molar-refractivity contribution is 0.235. The van der Waals surface area contributed by atoms with E-state index < -0.39 is 6.17 Å². The van der Waals surface area contributed by atoms with E-state index in [0.717, 1.165) is 0 Å². The van der Waals surface area contributed by atoms with Gasteiger partial charge in [-0.3, -0.25) is 4.90 Å². The molecule has 0 saturated carbocycles. The van der Waals surface area contributed by atoms with E-state index in [1.807, 2.05) is 0 Å². The highest BCUT2D eigenvalue weighted by atomic mass is 32.1. The number of hydrogen-bond acceptors (Lipinski definition) is 2. The number of thiol groups is 1. The Bertz CT molecular complexity index is 118. The first-order valence-corrected chi connectivity index (χ1v) is 4.20. The van der Waals surface area contributed by atoms with Crippen LogP contribution in [-0.2, 0) is 0 Å². The molecule has 0 N–H and O–H groups in total. The minimum atomic E-state index is -0.662. The van der Waals surface area contributed by atoms with Gasteiger partial charge in [-0.2, -0.15) is 12.6 Å². The van der Waals surface area contributed by atoms with Crippen LogP contribution in [-0.4, -0.2) is 29.0 Å². The molecule has 1 aliphatic heterocycles. The molecule has 2 unspecified atom stereocenters. The first-order chi connectivity index (χ1) is 4.61. The summed E-state index contributed by atoms with van der Waals surface area (Å²) in [6, 6.07) is 0.420. The molecule has 1 rings (SSSR count). The van der Waals surface area contributed by atoms with Gasteiger partial charge in [0, 0.05) is 19.0 Å². The third-order valence-electron chi connectivity index (χ3n) is 1.92. The average Bonchev–Trinajstić information content (AvgIpc) is 2.10. The van der Waals surface area contributed by atoms with E-state index in [1.54, 1.807) is 0 Å². The van der Waals surface area contributed by atoms with Crippen LogP contribution >= 0.6 is 12.6 Å². The second-order valence-electron chi connectivity index (χ2n) is 3.10. The maximum atomic E-state index is 12.7. The number of halogens is 1. The van der Waals surface area contributed by atoms with Gasteiger partial charge in [0.25, 0.3) is 0 Å². The second kappa shape index (κ2) is 3.09. The van der Waals surface area contributed by atoms with Crippen LogP contribution in [0.25, 0.3) is 0 Å². The predicted octanol–water partition coefficient (Wildman–Crippen LogP) is 1.69. The maximum Gasteiger partial charge on any atom is 0.115 e. The number of hydrogen-bond donors (Lipinski definition) is 1. The fraction of sp³-hybridized carbons (Fsp3) is 1.00. The van der Waals surface area contributed by atoms with Crippen LogP contribution in [0.1, 0.15) is 20.3 Å². The van der Waals surface area contributed by atoms with Crippen molar-refractivity contribution in [2.75, 3.05) is 6.54 Å². The second-order valence-corrected chi connectivity index (χ2v) is 3.70. The van der Waals surface area contributed by atoms with Crippen LogP contribution in [0.2, 0.25) is 0 Å². The van der Waals surface area contributed by atoms with Crippen molar-refractivity contribution in [2.24, 2.45) is 0 Å². The van der Waals surface area contributed by atoms with Crippen LogP contribution < -0.4 is 0 Å². The van der Waals surface area contributed by atoms with Crippen molar-refractivity contribution in [3.63, 3.8) is 0 Å². The molecule has 1 heterocycles. The molecule has 1 nitrogen and oxygen atoms in total. The van der Waals surface area contributed by atoms with Gasteiger partial charge in [-0.05, 0) is 13.8 Å². The van der Waals surface area contributed by atoms with Crippen molar-refractivity contribution in [1.29, 1.82) is 0 Å². The molecular formula is C7H14FNS. The van der Waals surface area contributed by atoms with Crippen LogP contribution in [0.4, 0.5) is 4.39 Å². The van der Waals surface area contributed by atoms with E-state index in [2.05, 4.69) is 31.4 Å². The van der Waals surface area contributed by atoms with Crippen molar-refractivity contribution < 1.29 is 4.39 Å². The van der Waals surface area contributed by atoms with Crippen molar-refractivity contribution in [3.05, 3.63) is 0 Å². The molecule has 0 aliphatic carbocycles. The van der Waals surface area contributed by atoms with E-state index in [-0.39, 0.29) is 5.37 Å². The first kappa shape index (κ1) is 8.34. The fourth-order valence-electron chi connectivity index (χ4n) is 1.34. The molecule has 2 atom stereocenters. The van der Waals surface area contributed by atoms with E-state index in [1.165, 1.54) is 0 Å². The minimum Gasteiger partial charge on any atom is -0.286 e. The Hall–Kier alpha value is 0.240. The standard InChI is InChI=1S/C7H14FNS/c1-5(2)9-4-6(8)3-7(9)10/h5-7,10H,3-4H2,1-2H3. The third-order valence-corrected chi connectivity index (χ3v) is 2.43. The molecule has 0 spiro atoms. The van der Waals surface area contributed by atoms with E-state index in [9.17, 15) is 4.39 Å². The topological polar surface area (TPSA) is 3.24 Å². The van der Waals surface area contributed by atoms with Crippen LogP contribution in [0.3, 0.4) is 0 Å². The maximum absolute atomic E-state index is 12.7. The smallest absolute Gasteiger partial charge is 0.115 e. The number of alkyl halides is 1. The number of nitrogens with zero attached hydrogens (tertiary/aromatic N) is 1. The highest BCUT2D eigenvalue weighted by Gasteiger charge is 2.30. The van der Waals surface area contributed by atoms with Crippen molar-refractivity contribution in [1.82, 2.24) is 4.90 Å². The summed E-state index contributed by atoms with van der Waals surface area (Å²) in [7, 11) is 0. The third kappa shape index (κ3) is 1.64. The minimum absolute atomic E-state index is 0.134. The quantitative estimate of drug-likeness (QED) is 0.576. The van der Waals surface area contributed by atoms with Gasteiger partial charge >= 0.3 is 0 Å².